The molecule has 2 aromatic carbocycles. The first-order valence-electron chi connectivity index (χ1n) is 8.92. The molecule has 0 spiro atoms. The fourth-order valence-corrected chi connectivity index (χ4v) is 3.09. The number of benzene rings is 2. The van der Waals surface area contributed by atoms with Crippen molar-refractivity contribution in [1.29, 1.82) is 0 Å². The zero-order valence-corrected chi connectivity index (χ0v) is 15.8. The molecule has 0 aliphatic carbocycles. The highest BCUT2D eigenvalue weighted by Gasteiger charge is 2.19. The van der Waals surface area contributed by atoms with Crippen LogP contribution in [0, 0.1) is 0 Å². The van der Waals surface area contributed by atoms with Crippen molar-refractivity contribution in [1.82, 2.24) is 24.5 Å². The molecule has 0 unspecified atom stereocenters. The Bertz CT molecular complexity index is 1130. The number of carbonyl (C=O) groups is 1. The lowest BCUT2D eigenvalue weighted by molar-refractivity contribution is 0.102. The Morgan fingerprint density at radius 2 is 1.96 bits per heavy atom. The number of para-hydroxylation sites is 1. The van der Waals surface area contributed by atoms with Crippen molar-refractivity contribution in [3.63, 3.8) is 0 Å². The third kappa shape index (κ3) is 3.20. The Balaban J connectivity index is 1.75. The molecule has 28 heavy (non-hydrogen) atoms. The molecule has 0 saturated carbocycles. The summed E-state index contributed by atoms with van der Waals surface area (Å²) in [6.07, 6.45) is 2.98. The minimum atomic E-state index is -0.287. The van der Waals surface area contributed by atoms with E-state index in [9.17, 15) is 4.79 Å². The number of fused-ring (bicyclic) bond motifs is 1. The van der Waals surface area contributed by atoms with Crippen LogP contribution in [0.3, 0.4) is 0 Å². The largest absolute Gasteiger partial charge is 0.490 e. The molecule has 0 atom stereocenters. The number of aryl methyl sites for hydroxylation is 1. The summed E-state index contributed by atoms with van der Waals surface area (Å²) in [5.41, 5.74) is 1.98. The maximum Gasteiger partial charge on any atom is 0.259 e. The molecule has 0 aliphatic rings. The Kier molecular flexibility index (Phi) is 4.52. The fraction of sp³-hybridized carbons (Fsp3) is 0.200. The normalized spacial score (nSPS) is 11.1. The molecule has 0 aliphatic heterocycles. The van der Waals surface area contributed by atoms with Crippen LogP contribution in [0.15, 0.2) is 55.1 Å². The third-order valence-corrected chi connectivity index (χ3v) is 4.25. The van der Waals surface area contributed by atoms with Gasteiger partial charge < -0.3 is 10.1 Å². The summed E-state index contributed by atoms with van der Waals surface area (Å²) in [7, 11) is 1.83. The zero-order chi connectivity index (χ0) is 19.7. The van der Waals surface area contributed by atoms with Crippen LogP contribution in [0.1, 0.15) is 24.2 Å². The van der Waals surface area contributed by atoms with Crippen molar-refractivity contribution in [3.8, 4) is 11.4 Å². The van der Waals surface area contributed by atoms with Gasteiger partial charge in [0.25, 0.3) is 5.91 Å². The number of aromatic nitrogens is 5. The second kappa shape index (κ2) is 7.15. The van der Waals surface area contributed by atoms with Gasteiger partial charge >= 0.3 is 0 Å². The second-order valence-corrected chi connectivity index (χ2v) is 6.60. The molecule has 8 nitrogen and oxygen atoms in total. The molecule has 4 rings (SSSR count). The van der Waals surface area contributed by atoms with Gasteiger partial charge in [0.2, 0.25) is 0 Å². The number of amides is 1. The van der Waals surface area contributed by atoms with E-state index in [0.717, 1.165) is 10.9 Å². The van der Waals surface area contributed by atoms with Crippen LogP contribution >= 0.6 is 0 Å². The van der Waals surface area contributed by atoms with Crippen molar-refractivity contribution in [3.05, 3.63) is 60.7 Å². The molecule has 0 saturated heterocycles. The molecule has 2 heterocycles. The number of ether oxygens (including phenoxy) is 1. The van der Waals surface area contributed by atoms with Gasteiger partial charge in [-0.3, -0.25) is 9.48 Å². The predicted molar refractivity (Wildman–Crippen MR) is 106 cm³/mol. The number of carbonyl (C=O) groups excluding carboxylic acids is 1. The summed E-state index contributed by atoms with van der Waals surface area (Å²) in [5.74, 6) is 0.845. The van der Waals surface area contributed by atoms with Gasteiger partial charge in [0.1, 0.15) is 18.4 Å². The van der Waals surface area contributed by atoms with E-state index in [2.05, 4.69) is 20.5 Å². The van der Waals surface area contributed by atoms with E-state index in [4.69, 9.17) is 4.74 Å². The smallest absolute Gasteiger partial charge is 0.259 e. The molecule has 4 aromatic rings. The van der Waals surface area contributed by atoms with Gasteiger partial charge in [-0.05, 0) is 38.1 Å². The molecular weight excluding hydrogens is 356 g/mol. The minimum absolute atomic E-state index is 0.00222. The molecule has 1 amide bonds. The summed E-state index contributed by atoms with van der Waals surface area (Å²) in [6.45, 7) is 3.92. The summed E-state index contributed by atoms with van der Waals surface area (Å²) >= 11 is 0. The zero-order valence-electron chi connectivity index (χ0n) is 15.8. The van der Waals surface area contributed by atoms with Gasteiger partial charge in [-0.1, -0.05) is 18.2 Å². The monoisotopic (exact) mass is 376 g/mol. The number of anilines is 1. The highest BCUT2D eigenvalue weighted by atomic mass is 16.5. The van der Waals surface area contributed by atoms with Crippen LogP contribution in [0.2, 0.25) is 0 Å². The maximum absolute atomic E-state index is 13.1. The van der Waals surface area contributed by atoms with Crippen molar-refractivity contribution < 1.29 is 9.53 Å². The van der Waals surface area contributed by atoms with E-state index < -0.39 is 0 Å². The molecular formula is C20H20N6O2. The van der Waals surface area contributed by atoms with Crippen molar-refractivity contribution in [2.45, 2.75) is 20.0 Å². The molecule has 2 aromatic heterocycles. The first-order chi connectivity index (χ1) is 13.5. The van der Waals surface area contributed by atoms with E-state index in [1.165, 1.54) is 6.33 Å². The summed E-state index contributed by atoms with van der Waals surface area (Å²) < 4.78 is 9.20. The van der Waals surface area contributed by atoms with Gasteiger partial charge in [0.15, 0.2) is 5.82 Å². The SMILES string of the molecule is CC(C)Oc1cccc2c1c(NC(=O)c1ccccc1-n1cncn1)nn2C. The van der Waals surface area contributed by atoms with Gasteiger partial charge in [-0.25, -0.2) is 9.67 Å². The van der Waals surface area contributed by atoms with Gasteiger partial charge in [0.05, 0.1) is 28.3 Å². The Labute approximate surface area is 161 Å². The Morgan fingerprint density at radius 1 is 1.14 bits per heavy atom. The quantitative estimate of drug-likeness (QED) is 0.578. The lowest BCUT2D eigenvalue weighted by Gasteiger charge is -2.12. The summed E-state index contributed by atoms with van der Waals surface area (Å²) in [5, 5.41) is 12.3. The molecule has 0 radical (unpaired) electrons. The van der Waals surface area contributed by atoms with Gasteiger partial charge in [-0.15, -0.1) is 0 Å². The molecule has 0 fully saturated rings. The van der Waals surface area contributed by atoms with Crippen LogP contribution in [-0.2, 0) is 7.05 Å². The lowest BCUT2D eigenvalue weighted by atomic mass is 10.1. The molecule has 0 bridgehead atoms. The summed E-state index contributed by atoms with van der Waals surface area (Å²) in [4.78, 5) is 17.0. The van der Waals surface area contributed by atoms with Gasteiger partial charge in [0, 0.05) is 7.05 Å². The standard InChI is InChI=1S/C20H20N6O2/c1-13(2)28-17-10-6-9-16-18(17)19(24-25(16)3)23-20(27)14-7-4-5-8-15(14)26-12-21-11-22-26/h4-13H,1-3H3,(H,23,24,27). The van der Waals surface area contributed by atoms with E-state index in [1.807, 2.05) is 51.2 Å². The summed E-state index contributed by atoms with van der Waals surface area (Å²) in [6, 6.07) is 12.9. The fourth-order valence-electron chi connectivity index (χ4n) is 3.09. The van der Waals surface area contributed by atoms with E-state index in [-0.39, 0.29) is 12.0 Å². The third-order valence-electron chi connectivity index (χ3n) is 4.25. The van der Waals surface area contributed by atoms with Crippen LogP contribution in [0.5, 0.6) is 5.75 Å². The van der Waals surface area contributed by atoms with Gasteiger partial charge in [-0.2, -0.15) is 10.2 Å². The minimum Gasteiger partial charge on any atom is -0.490 e. The number of nitrogens with one attached hydrogen (secondary N) is 1. The number of rotatable bonds is 5. The van der Waals surface area contributed by atoms with E-state index >= 15 is 0 Å². The van der Waals surface area contributed by atoms with Crippen LogP contribution in [0.25, 0.3) is 16.6 Å². The number of hydrogen-bond acceptors (Lipinski definition) is 5. The highest BCUT2D eigenvalue weighted by Crippen LogP contribution is 2.33. The predicted octanol–water partition coefficient (Wildman–Crippen LogP) is 3.19. The van der Waals surface area contributed by atoms with Crippen LogP contribution in [0.4, 0.5) is 5.82 Å². The highest BCUT2D eigenvalue weighted by molar-refractivity contribution is 6.10. The average Bonchev–Trinajstić information content (AvgIpc) is 3.31. The molecule has 1 N–H and O–H groups in total. The first-order valence-corrected chi connectivity index (χ1v) is 8.92. The molecule has 8 heteroatoms. The maximum atomic E-state index is 13.1. The second-order valence-electron chi connectivity index (χ2n) is 6.60. The van der Waals surface area contributed by atoms with Crippen molar-refractivity contribution in [2.24, 2.45) is 7.05 Å². The first kappa shape index (κ1) is 17.7. The van der Waals surface area contributed by atoms with Crippen molar-refractivity contribution >= 4 is 22.6 Å². The number of hydrogen-bond donors (Lipinski definition) is 1. The molecule has 142 valence electrons. The Hall–Kier alpha value is -3.68. The Morgan fingerprint density at radius 3 is 2.71 bits per heavy atom. The van der Waals surface area contributed by atoms with Crippen molar-refractivity contribution in [2.75, 3.05) is 5.32 Å². The van der Waals surface area contributed by atoms with E-state index in [0.29, 0.717) is 22.8 Å². The van der Waals surface area contributed by atoms with Crippen LogP contribution < -0.4 is 10.1 Å². The van der Waals surface area contributed by atoms with E-state index in [1.54, 1.807) is 27.8 Å². The lowest BCUT2D eigenvalue weighted by Crippen LogP contribution is -2.16. The average molecular weight is 376 g/mol. The number of nitrogens with zero attached hydrogens (tertiary/aromatic N) is 5. The van der Waals surface area contributed by atoms with Crippen LogP contribution in [-0.4, -0.2) is 36.6 Å². The topological polar surface area (TPSA) is 86.9 Å².